The number of rotatable bonds is 7. The first kappa shape index (κ1) is 21.0. The summed E-state index contributed by atoms with van der Waals surface area (Å²) in [7, 11) is 3.12. The van der Waals surface area contributed by atoms with Gasteiger partial charge in [-0.15, -0.1) is 0 Å². The Morgan fingerprint density at radius 2 is 1.97 bits per heavy atom. The summed E-state index contributed by atoms with van der Waals surface area (Å²) >= 11 is 0. The highest BCUT2D eigenvalue weighted by Gasteiger charge is 2.24. The van der Waals surface area contributed by atoms with E-state index >= 15 is 0 Å². The maximum absolute atomic E-state index is 12.3. The van der Waals surface area contributed by atoms with Crippen molar-refractivity contribution in [2.45, 2.75) is 6.54 Å². The number of hydrazone groups is 1. The van der Waals surface area contributed by atoms with Crippen LogP contribution in [0, 0.1) is 0 Å². The van der Waals surface area contributed by atoms with Crippen LogP contribution in [0.1, 0.15) is 21.6 Å². The Kier molecular flexibility index (Phi) is 6.07. The fraction of sp³-hybridized carbons (Fsp3) is 0.174. The zero-order chi connectivity index (χ0) is 22.5. The van der Waals surface area contributed by atoms with Crippen LogP contribution in [0.5, 0.6) is 11.5 Å². The highest BCUT2D eigenvalue weighted by atomic mass is 16.6. The molecule has 0 saturated carbocycles. The molecule has 0 spiro atoms. The summed E-state index contributed by atoms with van der Waals surface area (Å²) in [5, 5.41) is 8.55. The van der Waals surface area contributed by atoms with E-state index in [1.807, 2.05) is 12.1 Å². The zero-order valence-electron chi connectivity index (χ0n) is 17.6. The van der Waals surface area contributed by atoms with Gasteiger partial charge in [0.15, 0.2) is 11.5 Å². The summed E-state index contributed by atoms with van der Waals surface area (Å²) in [4.78, 5) is 27.4. The lowest BCUT2D eigenvalue weighted by Crippen LogP contribution is -2.35. The Hall–Kier alpha value is -4.27. The standard InChI is InChI=1S/C23H22N4O5/c1-30-20-9-8-16(12-21(20)31-2)19-14-32-23(29)27(26-19)13-15-5-3-6-17(11-15)25-22(28)18-7-4-10-24-18/h3-12,24H,13-14H2,1-2H3,(H,25,28). The summed E-state index contributed by atoms with van der Waals surface area (Å²) < 4.78 is 15.9. The van der Waals surface area contributed by atoms with E-state index in [9.17, 15) is 9.59 Å². The Morgan fingerprint density at radius 3 is 2.72 bits per heavy atom. The van der Waals surface area contributed by atoms with Gasteiger partial charge in [0.05, 0.1) is 20.8 Å². The van der Waals surface area contributed by atoms with Gasteiger partial charge in [-0.3, -0.25) is 4.79 Å². The Labute approximate surface area is 184 Å². The van der Waals surface area contributed by atoms with Crippen LogP contribution in [0.2, 0.25) is 0 Å². The minimum atomic E-state index is -0.546. The third-order valence-electron chi connectivity index (χ3n) is 4.86. The fourth-order valence-electron chi connectivity index (χ4n) is 3.27. The van der Waals surface area contributed by atoms with Crippen LogP contribution in [-0.2, 0) is 11.3 Å². The van der Waals surface area contributed by atoms with E-state index in [1.165, 1.54) is 5.01 Å². The number of hydrogen-bond acceptors (Lipinski definition) is 6. The molecular formula is C23H22N4O5. The number of aromatic amines is 1. The van der Waals surface area contributed by atoms with Crippen molar-refractivity contribution in [1.29, 1.82) is 0 Å². The van der Waals surface area contributed by atoms with E-state index in [2.05, 4.69) is 15.4 Å². The number of carbonyl (C=O) groups excluding carboxylic acids is 2. The number of H-pyrrole nitrogens is 1. The molecule has 32 heavy (non-hydrogen) atoms. The fourth-order valence-corrected chi connectivity index (χ4v) is 3.27. The zero-order valence-corrected chi connectivity index (χ0v) is 17.6. The first-order valence-electron chi connectivity index (χ1n) is 9.85. The lowest BCUT2D eigenvalue weighted by atomic mass is 10.1. The minimum absolute atomic E-state index is 0.0526. The second-order valence-electron chi connectivity index (χ2n) is 6.97. The molecule has 0 radical (unpaired) electrons. The first-order valence-corrected chi connectivity index (χ1v) is 9.85. The smallest absolute Gasteiger partial charge is 0.431 e. The Morgan fingerprint density at radius 1 is 1.12 bits per heavy atom. The number of cyclic esters (lactones) is 1. The van der Waals surface area contributed by atoms with Crippen molar-refractivity contribution in [2.75, 3.05) is 26.1 Å². The van der Waals surface area contributed by atoms with E-state index in [-0.39, 0.29) is 19.1 Å². The molecule has 3 aromatic rings. The topological polar surface area (TPSA) is 105 Å². The molecule has 0 aliphatic carbocycles. The van der Waals surface area contributed by atoms with Crippen LogP contribution in [-0.4, -0.2) is 48.5 Å². The van der Waals surface area contributed by atoms with Gasteiger partial charge in [-0.1, -0.05) is 12.1 Å². The van der Waals surface area contributed by atoms with Crippen LogP contribution in [0.25, 0.3) is 0 Å². The number of nitrogens with one attached hydrogen (secondary N) is 2. The Bertz CT molecular complexity index is 1160. The molecule has 1 aromatic heterocycles. The number of benzene rings is 2. The molecular weight excluding hydrogens is 412 g/mol. The molecule has 9 nitrogen and oxygen atoms in total. The van der Waals surface area contributed by atoms with Gasteiger partial charge in [-0.05, 0) is 48.0 Å². The number of carbonyl (C=O) groups is 2. The van der Waals surface area contributed by atoms with Crippen molar-refractivity contribution in [3.05, 3.63) is 77.6 Å². The highest BCUT2D eigenvalue weighted by Crippen LogP contribution is 2.28. The second kappa shape index (κ2) is 9.25. The van der Waals surface area contributed by atoms with E-state index in [0.717, 1.165) is 11.1 Å². The number of amides is 2. The number of methoxy groups -OCH3 is 2. The van der Waals surface area contributed by atoms with Gasteiger partial charge < -0.3 is 24.5 Å². The van der Waals surface area contributed by atoms with Gasteiger partial charge in [-0.25, -0.2) is 4.79 Å². The normalized spacial score (nSPS) is 13.2. The number of hydrogen-bond donors (Lipinski definition) is 2. The molecule has 2 aromatic carbocycles. The summed E-state index contributed by atoms with van der Waals surface area (Å²) in [6, 6.07) is 16.0. The molecule has 2 N–H and O–H groups in total. The molecule has 4 rings (SSSR count). The lowest BCUT2D eigenvalue weighted by molar-refractivity contribution is 0.102. The lowest BCUT2D eigenvalue weighted by Gasteiger charge is -2.24. The second-order valence-corrected chi connectivity index (χ2v) is 6.97. The molecule has 9 heteroatoms. The Balaban J connectivity index is 1.52. The molecule has 2 amide bonds. The number of nitrogens with zero attached hydrogens (tertiary/aromatic N) is 2. The van der Waals surface area contributed by atoms with Crippen molar-refractivity contribution in [3.8, 4) is 11.5 Å². The molecule has 0 bridgehead atoms. The van der Waals surface area contributed by atoms with Crippen LogP contribution >= 0.6 is 0 Å². The van der Waals surface area contributed by atoms with Crippen molar-refractivity contribution in [2.24, 2.45) is 5.10 Å². The van der Waals surface area contributed by atoms with E-state index in [1.54, 1.807) is 62.9 Å². The molecule has 2 heterocycles. The van der Waals surface area contributed by atoms with Crippen LogP contribution in [0.4, 0.5) is 10.5 Å². The van der Waals surface area contributed by atoms with Crippen LogP contribution in [0.15, 0.2) is 65.9 Å². The third-order valence-corrected chi connectivity index (χ3v) is 4.86. The highest BCUT2D eigenvalue weighted by molar-refractivity contribution is 6.04. The van der Waals surface area contributed by atoms with Gasteiger partial charge in [0.25, 0.3) is 5.91 Å². The number of aromatic nitrogens is 1. The molecule has 0 saturated heterocycles. The molecule has 164 valence electrons. The quantitative estimate of drug-likeness (QED) is 0.591. The summed E-state index contributed by atoms with van der Waals surface area (Å²) in [6.45, 7) is 0.235. The molecule has 0 fully saturated rings. The van der Waals surface area contributed by atoms with Crippen molar-refractivity contribution >= 4 is 23.4 Å². The monoisotopic (exact) mass is 434 g/mol. The minimum Gasteiger partial charge on any atom is -0.493 e. The van der Waals surface area contributed by atoms with Crippen molar-refractivity contribution < 1.29 is 23.8 Å². The van der Waals surface area contributed by atoms with Crippen LogP contribution in [0.3, 0.4) is 0 Å². The van der Waals surface area contributed by atoms with E-state index in [4.69, 9.17) is 14.2 Å². The largest absolute Gasteiger partial charge is 0.493 e. The molecule has 0 unspecified atom stereocenters. The van der Waals surface area contributed by atoms with E-state index < -0.39 is 6.09 Å². The summed E-state index contributed by atoms with van der Waals surface area (Å²) in [5.74, 6) is 0.902. The van der Waals surface area contributed by atoms with Gasteiger partial charge >= 0.3 is 6.09 Å². The van der Waals surface area contributed by atoms with Crippen molar-refractivity contribution in [3.63, 3.8) is 0 Å². The summed E-state index contributed by atoms with van der Waals surface area (Å²) in [5.41, 5.74) is 3.19. The number of ether oxygens (including phenoxy) is 3. The predicted molar refractivity (Wildman–Crippen MR) is 118 cm³/mol. The molecule has 1 aliphatic rings. The third kappa shape index (κ3) is 4.56. The van der Waals surface area contributed by atoms with Gasteiger partial charge in [0, 0.05) is 17.4 Å². The van der Waals surface area contributed by atoms with Gasteiger partial charge in [-0.2, -0.15) is 10.1 Å². The average molecular weight is 434 g/mol. The SMILES string of the molecule is COc1ccc(C2=NN(Cc3cccc(NC(=O)c4ccc[nH]4)c3)C(=O)OC2)cc1OC. The molecule has 1 aliphatic heterocycles. The van der Waals surface area contributed by atoms with Gasteiger partial charge in [0.1, 0.15) is 18.0 Å². The van der Waals surface area contributed by atoms with Crippen molar-refractivity contribution in [1.82, 2.24) is 9.99 Å². The summed E-state index contributed by atoms with van der Waals surface area (Å²) in [6.07, 6.45) is 1.14. The van der Waals surface area contributed by atoms with Crippen LogP contribution < -0.4 is 14.8 Å². The first-order chi connectivity index (χ1) is 15.6. The molecule has 0 atom stereocenters. The maximum Gasteiger partial charge on any atom is 0.431 e. The number of anilines is 1. The predicted octanol–water partition coefficient (Wildman–Crippen LogP) is 3.64. The average Bonchev–Trinajstić information content (AvgIpc) is 3.35. The maximum atomic E-state index is 12.3. The van der Waals surface area contributed by atoms with E-state index in [0.29, 0.717) is 28.6 Å². The van der Waals surface area contributed by atoms with Gasteiger partial charge in [0.2, 0.25) is 0 Å².